The molecule has 0 radical (unpaired) electrons. The number of rotatable bonds is 5. The predicted molar refractivity (Wildman–Crippen MR) is 92.0 cm³/mol. The molecule has 3 nitrogen and oxygen atoms in total. The largest absolute Gasteiger partial charge is 0.493 e. The molecule has 0 spiro atoms. The van der Waals surface area contributed by atoms with Crippen LogP contribution in [0.15, 0.2) is 67.0 Å². The van der Waals surface area contributed by atoms with Gasteiger partial charge in [-0.2, -0.15) is 0 Å². The van der Waals surface area contributed by atoms with Crippen LogP contribution in [0.2, 0.25) is 5.02 Å². The van der Waals surface area contributed by atoms with Crippen LogP contribution in [-0.2, 0) is 6.61 Å². The first-order chi connectivity index (χ1) is 11.3. The molecule has 0 amide bonds. The monoisotopic (exact) mass is 325 g/mol. The standard InChI is InChI=1S/C19H16ClNO2/c1-22-18-4-2-3-5-19(18)23-13-14-10-16(12-21-11-14)15-6-8-17(20)9-7-15/h2-12H,13H2,1H3. The maximum Gasteiger partial charge on any atom is 0.161 e. The zero-order valence-electron chi connectivity index (χ0n) is 12.7. The highest BCUT2D eigenvalue weighted by Gasteiger charge is 2.05. The van der Waals surface area contributed by atoms with Gasteiger partial charge in [-0.15, -0.1) is 0 Å². The number of ether oxygens (including phenoxy) is 2. The maximum absolute atomic E-state index is 5.93. The number of pyridine rings is 1. The molecule has 1 heterocycles. The van der Waals surface area contributed by atoms with Crippen LogP contribution >= 0.6 is 11.6 Å². The lowest BCUT2D eigenvalue weighted by Gasteiger charge is -2.11. The van der Waals surface area contributed by atoms with Gasteiger partial charge in [0.15, 0.2) is 11.5 Å². The molecule has 4 heteroatoms. The van der Waals surface area contributed by atoms with Crippen molar-refractivity contribution in [2.24, 2.45) is 0 Å². The quantitative estimate of drug-likeness (QED) is 0.662. The van der Waals surface area contributed by atoms with E-state index in [1.165, 1.54) is 0 Å². The molecular formula is C19H16ClNO2. The summed E-state index contributed by atoms with van der Waals surface area (Å²) < 4.78 is 11.1. The number of para-hydroxylation sites is 2. The van der Waals surface area contributed by atoms with Crippen LogP contribution in [-0.4, -0.2) is 12.1 Å². The van der Waals surface area contributed by atoms with Gasteiger partial charge in [-0.05, 0) is 35.9 Å². The molecule has 0 aliphatic carbocycles. The molecule has 0 atom stereocenters. The van der Waals surface area contributed by atoms with Crippen LogP contribution in [0, 0.1) is 0 Å². The Bertz CT molecular complexity index is 787. The van der Waals surface area contributed by atoms with Crippen molar-refractivity contribution in [1.29, 1.82) is 0 Å². The van der Waals surface area contributed by atoms with Crippen LogP contribution in [0.4, 0.5) is 0 Å². The van der Waals surface area contributed by atoms with Crippen molar-refractivity contribution in [1.82, 2.24) is 4.98 Å². The fourth-order valence-corrected chi connectivity index (χ4v) is 2.39. The molecule has 0 unspecified atom stereocenters. The molecule has 0 saturated carbocycles. The Morgan fingerprint density at radius 1 is 0.913 bits per heavy atom. The SMILES string of the molecule is COc1ccccc1OCc1cncc(-c2ccc(Cl)cc2)c1. The Labute approximate surface area is 140 Å². The molecule has 2 aromatic carbocycles. The zero-order valence-corrected chi connectivity index (χ0v) is 13.5. The second kappa shape index (κ2) is 7.16. The highest BCUT2D eigenvalue weighted by atomic mass is 35.5. The summed E-state index contributed by atoms with van der Waals surface area (Å²) in [5, 5.41) is 0.720. The number of benzene rings is 2. The molecule has 0 aliphatic heterocycles. The molecule has 0 aliphatic rings. The van der Waals surface area contributed by atoms with Crippen molar-refractivity contribution < 1.29 is 9.47 Å². The molecule has 3 aromatic rings. The van der Waals surface area contributed by atoms with Crippen molar-refractivity contribution in [2.45, 2.75) is 6.61 Å². The van der Waals surface area contributed by atoms with Gasteiger partial charge in [0.1, 0.15) is 6.61 Å². The Morgan fingerprint density at radius 3 is 2.39 bits per heavy atom. The molecular weight excluding hydrogens is 310 g/mol. The number of aromatic nitrogens is 1. The third-order valence-electron chi connectivity index (χ3n) is 3.44. The highest BCUT2D eigenvalue weighted by Crippen LogP contribution is 2.27. The first-order valence-electron chi connectivity index (χ1n) is 7.22. The average Bonchev–Trinajstić information content (AvgIpc) is 2.61. The summed E-state index contributed by atoms with van der Waals surface area (Å²) in [6, 6.07) is 17.3. The first kappa shape index (κ1) is 15.4. The van der Waals surface area contributed by atoms with Gasteiger partial charge in [0, 0.05) is 28.5 Å². The Kier molecular flexibility index (Phi) is 4.79. The zero-order chi connectivity index (χ0) is 16.1. The van der Waals surface area contributed by atoms with E-state index < -0.39 is 0 Å². The summed E-state index contributed by atoms with van der Waals surface area (Å²) in [5.41, 5.74) is 3.09. The second-order valence-corrected chi connectivity index (χ2v) is 5.46. The maximum atomic E-state index is 5.93. The van der Waals surface area contributed by atoms with E-state index in [0.29, 0.717) is 18.1 Å². The number of nitrogens with zero attached hydrogens (tertiary/aromatic N) is 1. The van der Waals surface area contributed by atoms with Crippen LogP contribution in [0.5, 0.6) is 11.5 Å². The van der Waals surface area contributed by atoms with Gasteiger partial charge >= 0.3 is 0 Å². The van der Waals surface area contributed by atoms with Crippen molar-refractivity contribution in [2.75, 3.05) is 7.11 Å². The lowest BCUT2D eigenvalue weighted by Crippen LogP contribution is -1.98. The molecule has 0 N–H and O–H groups in total. The predicted octanol–water partition coefficient (Wildman–Crippen LogP) is 4.99. The van der Waals surface area contributed by atoms with E-state index >= 15 is 0 Å². The Morgan fingerprint density at radius 2 is 1.65 bits per heavy atom. The lowest BCUT2D eigenvalue weighted by atomic mass is 10.1. The molecule has 0 saturated heterocycles. The topological polar surface area (TPSA) is 31.4 Å². The van der Waals surface area contributed by atoms with Crippen LogP contribution < -0.4 is 9.47 Å². The van der Waals surface area contributed by atoms with Crippen molar-refractivity contribution >= 4 is 11.6 Å². The van der Waals surface area contributed by atoms with E-state index in [9.17, 15) is 0 Å². The summed E-state index contributed by atoms with van der Waals surface area (Å²) in [5.74, 6) is 1.43. The van der Waals surface area contributed by atoms with E-state index in [1.807, 2.05) is 54.7 Å². The van der Waals surface area contributed by atoms with E-state index in [4.69, 9.17) is 21.1 Å². The second-order valence-electron chi connectivity index (χ2n) is 5.03. The third kappa shape index (κ3) is 3.82. The average molecular weight is 326 g/mol. The minimum atomic E-state index is 0.425. The molecule has 116 valence electrons. The van der Waals surface area contributed by atoms with Gasteiger partial charge in [0.05, 0.1) is 7.11 Å². The van der Waals surface area contributed by atoms with Crippen molar-refractivity contribution in [3.05, 3.63) is 77.6 Å². The Hall–Kier alpha value is -2.52. The molecule has 0 fully saturated rings. The highest BCUT2D eigenvalue weighted by molar-refractivity contribution is 6.30. The van der Waals surface area contributed by atoms with Gasteiger partial charge in [0.2, 0.25) is 0 Å². The summed E-state index contributed by atoms with van der Waals surface area (Å²) in [6.45, 7) is 0.425. The number of hydrogen-bond acceptors (Lipinski definition) is 3. The van der Waals surface area contributed by atoms with Gasteiger partial charge < -0.3 is 9.47 Å². The molecule has 0 bridgehead atoms. The van der Waals surface area contributed by atoms with E-state index in [2.05, 4.69) is 11.1 Å². The number of hydrogen-bond donors (Lipinski definition) is 0. The molecule has 3 rings (SSSR count). The summed E-state index contributed by atoms with van der Waals surface area (Å²) >= 11 is 5.93. The minimum Gasteiger partial charge on any atom is -0.493 e. The van der Waals surface area contributed by atoms with Crippen molar-refractivity contribution in [3.8, 4) is 22.6 Å². The van der Waals surface area contributed by atoms with Gasteiger partial charge in [-0.1, -0.05) is 35.9 Å². The Balaban J connectivity index is 1.76. The van der Waals surface area contributed by atoms with E-state index in [1.54, 1.807) is 13.3 Å². The van der Waals surface area contributed by atoms with Crippen LogP contribution in [0.3, 0.4) is 0 Å². The van der Waals surface area contributed by atoms with Crippen LogP contribution in [0.25, 0.3) is 11.1 Å². The smallest absolute Gasteiger partial charge is 0.161 e. The normalized spacial score (nSPS) is 10.3. The van der Waals surface area contributed by atoms with E-state index in [0.717, 1.165) is 21.7 Å². The summed E-state index contributed by atoms with van der Waals surface area (Å²) in [7, 11) is 1.63. The number of halogens is 1. The third-order valence-corrected chi connectivity index (χ3v) is 3.69. The fourth-order valence-electron chi connectivity index (χ4n) is 2.27. The van der Waals surface area contributed by atoms with Gasteiger partial charge in [-0.3, -0.25) is 4.98 Å². The molecule has 1 aromatic heterocycles. The fraction of sp³-hybridized carbons (Fsp3) is 0.105. The first-order valence-corrected chi connectivity index (χ1v) is 7.60. The summed E-state index contributed by atoms with van der Waals surface area (Å²) in [6.07, 6.45) is 3.63. The van der Waals surface area contributed by atoms with Crippen molar-refractivity contribution in [3.63, 3.8) is 0 Å². The molecule has 23 heavy (non-hydrogen) atoms. The van der Waals surface area contributed by atoms with Gasteiger partial charge in [0.25, 0.3) is 0 Å². The van der Waals surface area contributed by atoms with Crippen LogP contribution in [0.1, 0.15) is 5.56 Å². The minimum absolute atomic E-state index is 0.425. The number of methoxy groups -OCH3 is 1. The summed E-state index contributed by atoms with van der Waals surface area (Å²) in [4.78, 5) is 4.29. The van der Waals surface area contributed by atoms with Gasteiger partial charge in [-0.25, -0.2) is 0 Å². The lowest BCUT2D eigenvalue weighted by molar-refractivity contribution is 0.284. The van der Waals surface area contributed by atoms with E-state index in [-0.39, 0.29) is 0 Å².